The Morgan fingerprint density at radius 3 is 2.93 bits per heavy atom. The number of ether oxygens (including phenoxy) is 1. The normalized spacial score (nSPS) is 21.3. The molecular weight excluding hydrogens is 195 g/mol. The van der Waals surface area contributed by atoms with E-state index in [9.17, 15) is 4.39 Å². The summed E-state index contributed by atoms with van der Waals surface area (Å²) < 4.78 is 18.2. The first-order valence-corrected chi connectivity index (χ1v) is 5.09. The van der Waals surface area contributed by atoms with Crippen LogP contribution in [0.5, 0.6) is 5.75 Å². The first-order valence-electron chi connectivity index (χ1n) is 5.09. The summed E-state index contributed by atoms with van der Waals surface area (Å²) in [6, 6.07) is 4.87. The summed E-state index contributed by atoms with van der Waals surface area (Å²) in [6.45, 7) is 2.74. The van der Waals surface area contributed by atoms with Crippen molar-refractivity contribution in [3.8, 4) is 5.75 Å². The van der Waals surface area contributed by atoms with Gasteiger partial charge in [-0.3, -0.25) is 0 Å². The van der Waals surface area contributed by atoms with Gasteiger partial charge in [-0.15, -0.1) is 0 Å². The van der Waals surface area contributed by atoms with Crippen molar-refractivity contribution in [1.29, 1.82) is 0 Å². The average Bonchev–Trinajstić information content (AvgIpc) is 2.30. The van der Waals surface area contributed by atoms with E-state index in [2.05, 4.69) is 10.6 Å². The molecule has 0 amide bonds. The van der Waals surface area contributed by atoms with E-state index < -0.39 is 0 Å². The Kier molecular flexibility index (Phi) is 3.18. The Bertz CT molecular complexity index is 337. The van der Waals surface area contributed by atoms with Gasteiger partial charge >= 0.3 is 0 Å². The molecule has 15 heavy (non-hydrogen) atoms. The van der Waals surface area contributed by atoms with Gasteiger partial charge in [-0.05, 0) is 6.07 Å². The zero-order valence-corrected chi connectivity index (χ0v) is 8.72. The van der Waals surface area contributed by atoms with E-state index in [1.165, 1.54) is 12.1 Å². The number of hydrogen-bond donors (Lipinski definition) is 2. The second-order valence-electron chi connectivity index (χ2n) is 3.60. The smallest absolute Gasteiger partial charge is 0.126 e. The third-order valence-corrected chi connectivity index (χ3v) is 2.61. The summed E-state index contributed by atoms with van der Waals surface area (Å²) in [7, 11) is 1.56. The van der Waals surface area contributed by atoms with E-state index in [1.807, 2.05) is 0 Å². The second-order valence-corrected chi connectivity index (χ2v) is 3.60. The fraction of sp³-hybridized carbons (Fsp3) is 0.455. The van der Waals surface area contributed by atoms with Crippen LogP contribution in [0.2, 0.25) is 0 Å². The van der Waals surface area contributed by atoms with E-state index in [0.29, 0.717) is 5.75 Å². The van der Waals surface area contributed by atoms with Crippen molar-refractivity contribution in [3.63, 3.8) is 0 Å². The maximum absolute atomic E-state index is 13.0. The van der Waals surface area contributed by atoms with E-state index in [4.69, 9.17) is 4.74 Å². The number of rotatable bonds is 2. The third kappa shape index (κ3) is 2.27. The van der Waals surface area contributed by atoms with Gasteiger partial charge in [0.2, 0.25) is 0 Å². The molecule has 1 fully saturated rings. The molecule has 1 aromatic carbocycles. The van der Waals surface area contributed by atoms with Crippen LogP contribution in [-0.4, -0.2) is 26.7 Å². The van der Waals surface area contributed by atoms with Gasteiger partial charge in [-0.2, -0.15) is 0 Å². The molecule has 4 heteroatoms. The lowest BCUT2D eigenvalue weighted by molar-refractivity contribution is 0.379. The Morgan fingerprint density at radius 2 is 2.27 bits per heavy atom. The van der Waals surface area contributed by atoms with Gasteiger partial charge < -0.3 is 15.4 Å². The summed E-state index contributed by atoms with van der Waals surface area (Å²) in [5.41, 5.74) is 1.01. The third-order valence-electron chi connectivity index (χ3n) is 2.61. The molecule has 1 saturated heterocycles. The van der Waals surface area contributed by atoms with Crippen molar-refractivity contribution >= 4 is 0 Å². The Morgan fingerprint density at radius 1 is 1.40 bits per heavy atom. The van der Waals surface area contributed by atoms with Crippen LogP contribution in [-0.2, 0) is 0 Å². The highest BCUT2D eigenvalue weighted by Crippen LogP contribution is 2.26. The van der Waals surface area contributed by atoms with Crippen molar-refractivity contribution in [3.05, 3.63) is 29.6 Å². The van der Waals surface area contributed by atoms with Crippen molar-refractivity contribution in [2.45, 2.75) is 6.04 Å². The van der Waals surface area contributed by atoms with Crippen LogP contribution < -0.4 is 15.4 Å². The Balaban J connectivity index is 2.25. The molecule has 1 aromatic rings. The van der Waals surface area contributed by atoms with Gasteiger partial charge in [-0.25, -0.2) is 4.39 Å². The van der Waals surface area contributed by atoms with Gasteiger partial charge in [0.1, 0.15) is 11.6 Å². The monoisotopic (exact) mass is 210 g/mol. The number of nitrogens with one attached hydrogen (secondary N) is 2. The van der Waals surface area contributed by atoms with Crippen LogP contribution in [0, 0.1) is 5.82 Å². The van der Waals surface area contributed by atoms with Crippen molar-refractivity contribution < 1.29 is 9.13 Å². The molecule has 0 unspecified atom stereocenters. The van der Waals surface area contributed by atoms with E-state index >= 15 is 0 Å². The summed E-state index contributed by atoms with van der Waals surface area (Å²) >= 11 is 0. The molecule has 0 aromatic heterocycles. The zero-order chi connectivity index (χ0) is 10.7. The molecule has 1 aliphatic rings. The lowest BCUT2D eigenvalue weighted by Gasteiger charge is -2.26. The molecule has 0 bridgehead atoms. The fourth-order valence-electron chi connectivity index (χ4n) is 1.85. The minimum atomic E-state index is -0.264. The van der Waals surface area contributed by atoms with Crippen molar-refractivity contribution in [2.75, 3.05) is 26.7 Å². The highest BCUT2D eigenvalue weighted by molar-refractivity contribution is 5.37. The van der Waals surface area contributed by atoms with Crippen LogP contribution in [0.15, 0.2) is 18.2 Å². The molecule has 1 aliphatic heterocycles. The highest BCUT2D eigenvalue weighted by atomic mass is 19.1. The predicted molar refractivity (Wildman–Crippen MR) is 56.6 cm³/mol. The van der Waals surface area contributed by atoms with Gasteiger partial charge in [0.25, 0.3) is 0 Å². The lowest BCUT2D eigenvalue weighted by Crippen LogP contribution is -2.42. The molecule has 0 spiro atoms. The van der Waals surface area contributed by atoms with Crippen molar-refractivity contribution in [2.24, 2.45) is 0 Å². The SMILES string of the molecule is COc1cc(F)ccc1[C@H]1CNCCN1. The summed E-state index contributed by atoms with van der Waals surface area (Å²) in [6.07, 6.45) is 0. The van der Waals surface area contributed by atoms with Gasteiger partial charge in [0.15, 0.2) is 0 Å². The molecular formula is C11H15FN2O. The number of piperazine rings is 1. The molecule has 0 aliphatic carbocycles. The van der Waals surface area contributed by atoms with E-state index in [0.717, 1.165) is 25.2 Å². The molecule has 0 radical (unpaired) electrons. The van der Waals surface area contributed by atoms with Crippen LogP contribution in [0.3, 0.4) is 0 Å². The second kappa shape index (κ2) is 4.59. The van der Waals surface area contributed by atoms with Crippen LogP contribution in [0.4, 0.5) is 4.39 Å². The number of halogens is 1. The van der Waals surface area contributed by atoms with Crippen LogP contribution in [0.25, 0.3) is 0 Å². The number of hydrogen-bond acceptors (Lipinski definition) is 3. The lowest BCUT2D eigenvalue weighted by atomic mass is 10.0. The van der Waals surface area contributed by atoms with Gasteiger partial charge in [0, 0.05) is 37.3 Å². The maximum Gasteiger partial charge on any atom is 0.126 e. The minimum Gasteiger partial charge on any atom is -0.496 e. The minimum absolute atomic E-state index is 0.203. The molecule has 3 nitrogen and oxygen atoms in total. The molecule has 1 atom stereocenters. The van der Waals surface area contributed by atoms with Gasteiger partial charge in [0.05, 0.1) is 7.11 Å². The molecule has 2 N–H and O–H groups in total. The van der Waals surface area contributed by atoms with E-state index in [1.54, 1.807) is 13.2 Å². The predicted octanol–water partition coefficient (Wildman–Crippen LogP) is 1.07. The molecule has 0 saturated carbocycles. The standard InChI is InChI=1S/C11H15FN2O/c1-15-11-6-8(12)2-3-9(11)10-7-13-4-5-14-10/h2-3,6,10,13-14H,4-5,7H2,1H3/t10-/m1/s1. The fourth-order valence-corrected chi connectivity index (χ4v) is 1.85. The molecule has 82 valence electrons. The van der Waals surface area contributed by atoms with E-state index in [-0.39, 0.29) is 11.9 Å². The van der Waals surface area contributed by atoms with Crippen molar-refractivity contribution in [1.82, 2.24) is 10.6 Å². The maximum atomic E-state index is 13.0. The summed E-state index contributed by atoms with van der Waals surface area (Å²) in [5.74, 6) is 0.343. The number of benzene rings is 1. The Hall–Kier alpha value is -1.13. The van der Waals surface area contributed by atoms with Crippen LogP contribution in [0.1, 0.15) is 11.6 Å². The first-order chi connectivity index (χ1) is 7.31. The molecule has 1 heterocycles. The number of methoxy groups -OCH3 is 1. The van der Waals surface area contributed by atoms with Gasteiger partial charge in [-0.1, -0.05) is 6.07 Å². The Labute approximate surface area is 88.6 Å². The summed E-state index contributed by atoms with van der Waals surface area (Å²) in [4.78, 5) is 0. The largest absolute Gasteiger partial charge is 0.496 e. The first kappa shape index (κ1) is 10.4. The van der Waals surface area contributed by atoms with Crippen LogP contribution >= 0.6 is 0 Å². The average molecular weight is 210 g/mol. The highest BCUT2D eigenvalue weighted by Gasteiger charge is 2.18. The topological polar surface area (TPSA) is 33.3 Å². The zero-order valence-electron chi connectivity index (χ0n) is 8.72. The quantitative estimate of drug-likeness (QED) is 0.766. The molecule has 2 rings (SSSR count). The summed E-state index contributed by atoms with van der Waals surface area (Å²) in [5, 5.41) is 6.65.